The van der Waals surface area contributed by atoms with Crippen LogP contribution >= 0.6 is 0 Å². The van der Waals surface area contributed by atoms with Crippen molar-refractivity contribution < 1.29 is 9.53 Å². The maximum absolute atomic E-state index is 13.3. The molecular weight excluding hydrogens is 362 g/mol. The molecule has 3 unspecified atom stereocenters. The third-order valence-electron chi connectivity index (χ3n) is 7.31. The summed E-state index contributed by atoms with van der Waals surface area (Å²) in [6.45, 7) is 8.14. The molecule has 154 valence electrons. The molecule has 1 aromatic heterocycles. The van der Waals surface area contributed by atoms with Gasteiger partial charge in [0.2, 0.25) is 5.91 Å². The van der Waals surface area contributed by atoms with Crippen LogP contribution in [-0.4, -0.2) is 35.0 Å². The molecule has 1 N–H and O–H groups in total. The van der Waals surface area contributed by atoms with Crippen LogP contribution in [0.4, 0.5) is 0 Å². The van der Waals surface area contributed by atoms with E-state index in [2.05, 4.69) is 29.5 Å². The Balaban J connectivity index is 1.54. The average molecular weight is 394 g/mol. The molecule has 4 aliphatic rings. The predicted octanol–water partition coefficient (Wildman–Crippen LogP) is 2.93. The zero-order chi connectivity index (χ0) is 20.8. The molecule has 3 atom stereocenters. The summed E-state index contributed by atoms with van der Waals surface area (Å²) >= 11 is 0. The Morgan fingerprint density at radius 1 is 1.45 bits per heavy atom. The molecule has 2 saturated carbocycles. The van der Waals surface area contributed by atoms with Gasteiger partial charge in [-0.25, -0.2) is 0 Å². The van der Waals surface area contributed by atoms with Crippen LogP contribution in [0.25, 0.3) is 12.7 Å². The van der Waals surface area contributed by atoms with Crippen LogP contribution in [-0.2, 0) is 9.53 Å². The summed E-state index contributed by atoms with van der Waals surface area (Å²) in [7, 11) is 1.65. The highest BCUT2D eigenvalue weighted by Gasteiger charge is 2.55. The number of carbonyl (C=O) groups excluding carboxylic acids is 1. The number of carbonyl (C=O) groups is 1. The average Bonchev–Trinajstić information content (AvgIpc) is 3.05. The van der Waals surface area contributed by atoms with Gasteiger partial charge in [0.15, 0.2) is 0 Å². The van der Waals surface area contributed by atoms with Gasteiger partial charge in [0.25, 0.3) is 0 Å². The molecule has 4 bridgehead atoms. The Morgan fingerprint density at radius 2 is 2.14 bits per heavy atom. The highest BCUT2D eigenvalue weighted by molar-refractivity contribution is 5.78. The number of nitrogens with one attached hydrogen (secondary N) is 1. The Bertz CT molecular complexity index is 967. The second kappa shape index (κ2) is 7.40. The van der Waals surface area contributed by atoms with Crippen molar-refractivity contribution in [1.82, 2.24) is 9.88 Å². The van der Waals surface area contributed by atoms with Crippen molar-refractivity contribution in [3.05, 3.63) is 34.2 Å². The number of nitrogens with zero attached hydrogens (tertiary/aromatic N) is 2. The minimum absolute atomic E-state index is 0.0811. The van der Waals surface area contributed by atoms with Crippen molar-refractivity contribution in [3.8, 4) is 6.07 Å². The standard InChI is InChI=1S/C24H31N3O2/c1-5-20(29-4)9-21-16(3)26-13-22(21)15(2)6-23(28)27-18-7-17-8-19(27)12-24(10-17,11-18)14-25/h5,9,13,15,17-19,26H,3,6-8,10-12H2,1-2,4H3. The van der Waals surface area contributed by atoms with Gasteiger partial charge in [-0.3, -0.25) is 4.79 Å². The fourth-order valence-electron chi connectivity index (χ4n) is 6.12. The minimum Gasteiger partial charge on any atom is -0.497 e. The summed E-state index contributed by atoms with van der Waals surface area (Å²) in [5.74, 6) is 1.72. The second-order valence-electron chi connectivity index (χ2n) is 9.23. The molecule has 0 aromatic carbocycles. The van der Waals surface area contributed by atoms with E-state index in [4.69, 9.17) is 4.74 Å². The van der Waals surface area contributed by atoms with E-state index in [-0.39, 0.29) is 29.3 Å². The molecule has 1 amide bonds. The van der Waals surface area contributed by atoms with E-state index in [1.807, 2.05) is 25.3 Å². The van der Waals surface area contributed by atoms with Crippen LogP contribution in [0.5, 0.6) is 0 Å². The highest BCUT2D eigenvalue weighted by atomic mass is 16.5. The van der Waals surface area contributed by atoms with Gasteiger partial charge in [0.05, 0.1) is 18.6 Å². The van der Waals surface area contributed by atoms with E-state index >= 15 is 0 Å². The minimum atomic E-state index is -0.173. The summed E-state index contributed by atoms with van der Waals surface area (Å²) in [5.41, 5.74) is 0.922. The molecular formula is C24H31N3O2. The summed E-state index contributed by atoms with van der Waals surface area (Å²) in [6, 6.07) is 3.11. The van der Waals surface area contributed by atoms with Crippen LogP contribution in [0, 0.1) is 22.7 Å². The van der Waals surface area contributed by atoms with Gasteiger partial charge >= 0.3 is 0 Å². The number of ether oxygens (including phenoxy) is 1. The zero-order valence-electron chi connectivity index (χ0n) is 17.7. The maximum Gasteiger partial charge on any atom is 0.223 e. The van der Waals surface area contributed by atoms with Crippen LogP contribution < -0.4 is 10.6 Å². The molecule has 4 fully saturated rings. The topological polar surface area (TPSA) is 69.1 Å². The Labute approximate surface area is 172 Å². The first-order valence-corrected chi connectivity index (χ1v) is 10.7. The molecule has 2 saturated heterocycles. The lowest BCUT2D eigenvalue weighted by Gasteiger charge is -2.59. The lowest BCUT2D eigenvalue weighted by Crippen LogP contribution is -2.63. The molecule has 5 rings (SSSR count). The molecule has 5 nitrogen and oxygen atoms in total. The number of piperidine rings is 2. The first-order valence-electron chi connectivity index (χ1n) is 10.7. The number of hydrogen-bond donors (Lipinski definition) is 1. The monoisotopic (exact) mass is 393 g/mol. The van der Waals surface area contributed by atoms with Gasteiger partial charge in [-0.2, -0.15) is 5.26 Å². The Morgan fingerprint density at radius 3 is 2.72 bits per heavy atom. The van der Waals surface area contributed by atoms with Crippen molar-refractivity contribution in [1.29, 1.82) is 5.26 Å². The van der Waals surface area contributed by atoms with Gasteiger partial charge in [-0.1, -0.05) is 13.5 Å². The summed E-state index contributed by atoms with van der Waals surface area (Å²) < 4.78 is 5.39. The number of allylic oxidation sites excluding steroid dienone is 2. The number of aromatic amines is 1. The Hall–Kier alpha value is -2.48. The fourth-order valence-corrected chi connectivity index (χ4v) is 6.12. The lowest BCUT2D eigenvalue weighted by molar-refractivity contribution is -0.153. The molecule has 2 aliphatic heterocycles. The van der Waals surface area contributed by atoms with E-state index in [0.29, 0.717) is 12.3 Å². The van der Waals surface area contributed by atoms with Gasteiger partial charge in [-0.05, 0) is 68.6 Å². The summed E-state index contributed by atoms with van der Waals surface area (Å²) in [5, 5.41) is 11.6. The molecule has 0 spiro atoms. The number of rotatable bonds is 5. The quantitative estimate of drug-likeness (QED) is 0.782. The first-order chi connectivity index (χ1) is 13.9. The number of hydrogen-bond acceptors (Lipinski definition) is 3. The molecule has 29 heavy (non-hydrogen) atoms. The normalized spacial score (nSPS) is 32.3. The van der Waals surface area contributed by atoms with Crippen molar-refractivity contribution in [2.45, 2.75) is 70.4 Å². The van der Waals surface area contributed by atoms with Gasteiger partial charge < -0.3 is 14.6 Å². The van der Waals surface area contributed by atoms with E-state index in [1.54, 1.807) is 7.11 Å². The van der Waals surface area contributed by atoms with E-state index in [9.17, 15) is 10.1 Å². The van der Waals surface area contributed by atoms with E-state index in [0.717, 1.165) is 54.0 Å². The maximum atomic E-state index is 13.3. The summed E-state index contributed by atoms with van der Waals surface area (Å²) in [4.78, 5) is 18.7. The number of aromatic nitrogens is 1. The number of nitriles is 1. The number of methoxy groups -OCH3 is 1. The van der Waals surface area contributed by atoms with Crippen LogP contribution in [0.1, 0.15) is 63.9 Å². The molecule has 0 radical (unpaired) electrons. The van der Waals surface area contributed by atoms with Gasteiger partial charge in [0.1, 0.15) is 5.76 Å². The van der Waals surface area contributed by atoms with Crippen molar-refractivity contribution in [2.24, 2.45) is 11.3 Å². The molecule has 5 heteroatoms. The zero-order valence-corrected chi connectivity index (χ0v) is 17.7. The van der Waals surface area contributed by atoms with Crippen molar-refractivity contribution >= 4 is 18.6 Å². The molecule has 2 aliphatic carbocycles. The van der Waals surface area contributed by atoms with Gasteiger partial charge in [-0.15, -0.1) is 0 Å². The van der Waals surface area contributed by atoms with Crippen LogP contribution in [0.3, 0.4) is 0 Å². The summed E-state index contributed by atoms with van der Waals surface area (Å²) in [6.07, 6.45) is 11.3. The predicted molar refractivity (Wildman–Crippen MR) is 113 cm³/mol. The number of amides is 1. The third-order valence-corrected chi connectivity index (χ3v) is 7.31. The van der Waals surface area contributed by atoms with E-state index < -0.39 is 0 Å². The van der Waals surface area contributed by atoms with Gasteiger partial charge in [0, 0.05) is 35.3 Å². The Kier molecular flexibility index (Phi) is 5.06. The third kappa shape index (κ3) is 3.39. The number of H-pyrrole nitrogens is 1. The largest absolute Gasteiger partial charge is 0.497 e. The fraction of sp³-hybridized carbons (Fsp3) is 0.583. The van der Waals surface area contributed by atoms with Crippen molar-refractivity contribution in [2.75, 3.05) is 7.11 Å². The molecule has 1 aromatic rings. The smallest absolute Gasteiger partial charge is 0.223 e. The molecule has 3 heterocycles. The SMILES string of the molecule is C=c1[nH]cc(C(C)CC(=O)N2C3CC4CC2CC(C#N)(C4)C3)c1=CC(=CC)OC. The van der Waals surface area contributed by atoms with Crippen LogP contribution in [0.2, 0.25) is 0 Å². The highest BCUT2D eigenvalue weighted by Crippen LogP contribution is 2.56. The second-order valence-corrected chi connectivity index (χ2v) is 9.23. The van der Waals surface area contributed by atoms with Crippen LogP contribution in [0.15, 0.2) is 18.0 Å². The first kappa shape index (κ1) is 19.8. The lowest BCUT2D eigenvalue weighted by atomic mass is 9.56. The van der Waals surface area contributed by atoms with Crippen molar-refractivity contribution in [3.63, 3.8) is 0 Å². The van der Waals surface area contributed by atoms with E-state index in [1.165, 1.54) is 0 Å².